The maximum absolute atomic E-state index is 12.2. The Hall–Kier alpha value is -1.88. The second-order valence-electron chi connectivity index (χ2n) is 5.77. The zero-order chi connectivity index (χ0) is 15.5. The van der Waals surface area contributed by atoms with E-state index in [9.17, 15) is 4.79 Å². The Morgan fingerprint density at radius 1 is 1.45 bits per heavy atom. The summed E-state index contributed by atoms with van der Waals surface area (Å²) in [5, 5.41) is 3.65. The van der Waals surface area contributed by atoms with Crippen LogP contribution < -0.4 is 10.1 Å². The first-order valence-electron chi connectivity index (χ1n) is 7.56. The van der Waals surface area contributed by atoms with Gasteiger partial charge in [-0.05, 0) is 31.2 Å². The minimum atomic E-state index is -0.0522. The maximum atomic E-state index is 12.2. The average molecular weight is 316 g/mol. The van der Waals surface area contributed by atoms with Gasteiger partial charge >= 0.3 is 0 Å². The lowest BCUT2D eigenvalue weighted by Gasteiger charge is -2.15. The third-order valence-corrected chi connectivity index (χ3v) is 5.01. The second kappa shape index (κ2) is 6.48. The number of ether oxygens (including phenoxy) is 1. The number of hydrogen-bond donors (Lipinski definition) is 1. The highest BCUT2D eigenvalue weighted by atomic mass is 32.1. The van der Waals surface area contributed by atoms with E-state index in [1.165, 1.54) is 11.3 Å². The molecule has 4 nitrogen and oxygen atoms in total. The summed E-state index contributed by atoms with van der Waals surface area (Å²) in [6.07, 6.45) is 3.58. The van der Waals surface area contributed by atoms with E-state index in [0.717, 1.165) is 35.0 Å². The van der Waals surface area contributed by atoms with Gasteiger partial charge in [0.05, 0.1) is 19.2 Å². The highest BCUT2D eigenvalue weighted by Crippen LogP contribution is 2.32. The minimum absolute atomic E-state index is 0.0522. The van der Waals surface area contributed by atoms with Gasteiger partial charge < -0.3 is 10.1 Å². The number of aromatic nitrogens is 1. The SMILES string of the molecule is COc1ccccc1CC(=O)Nc1nc2c(s1)C[C@@H](C)CC2. The Bertz CT molecular complexity index is 681. The largest absolute Gasteiger partial charge is 0.496 e. The number of nitrogens with one attached hydrogen (secondary N) is 1. The molecule has 2 aromatic rings. The van der Waals surface area contributed by atoms with Gasteiger partial charge in [-0.1, -0.05) is 25.1 Å². The molecule has 0 fully saturated rings. The molecule has 1 aromatic heterocycles. The first-order valence-corrected chi connectivity index (χ1v) is 8.37. The van der Waals surface area contributed by atoms with Crippen LogP contribution in [0, 0.1) is 5.92 Å². The van der Waals surface area contributed by atoms with E-state index >= 15 is 0 Å². The van der Waals surface area contributed by atoms with Crippen LogP contribution in [0.2, 0.25) is 0 Å². The highest BCUT2D eigenvalue weighted by Gasteiger charge is 2.20. The molecule has 0 saturated carbocycles. The van der Waals surface area contributed by atoms with Crippen LogP contribution in [0.4, 0.5) is 5.13 Å². The third kappa shape index (κ3) is 3.30. The summed E-state index contributed by atoms with van der Waals surface area (Å²) in [7, 11) is 1.62. The predicted octanol–water partition coefficient (Wildman–Crippen LogP) is 3.46. The Morgan fingerprint density at radius 2 is 2.27 bits per heavy atom. The third-order valence-electron chi connectivity index (χ3n) is 3.98. The highest BCUT2D eigenvalue weighted by molar-refractivity contribution is 7.15. The van der Waals surface area contributed by atoms with Crippen LogP contribution in [0.1, 0.15) is 29.5 Å². The van der Waals surface area contributed by atoms with Crippen LogP contribution in [0.3, 0.4) is 0 Å². The standard InChI is InChI=1S/C17H20N2O2S/c1-11-7-8-13-15(9-11)22-17(18-13)19-16(20)10-12-5-3-4-6-14(12)21-2/h3-6,11H,7-10H2,1-2H3,(H,18,19,20)/t11-/m0/s1. The quantitative estimate of drug-likeness (QED) is 0.940. The molecule has 3 rings (SSSR count). The van der Waals surface area contributed by atoms with E-state index in [4.69, 9.17) is 4.74 Å². The lowest BCUT2D eigenvalue weighted by Crippen LogP contribution is -2.14. The molecule has 0 radical (unpaired) electrons. The number of fused-ring (bicyclic) bond motifs is 1. The molecule has 0 aliphatic heterocycles. The van der Waals surface area contributed by atoms with Crippen molar-refractivity contribution in [2.45, 2.75) is 32.6 Å². The smallest absolute Gasteiger partial charge is 0.230 e. The van der Waals surface area contributed by atoms with Gasteiger partial charge in [0.1, 0.15) is 5.75 Å². The van der Waals surface area contributed by atoms with E-state index in [1.807, 2.05) is 24.3 Å². The summed E-state index contributed by atoms with van der Waals surface area (Å²) >= 11 is 1.61. The number of rotatable bonds is 4. The topological polar surface area (TPSA) is 51.2 Å². The lowest BCUT2D eigenvalue weighted by atomic mass is 9.93. The van der Waals surface area contributed by atoms with Crippen molar-refractivity contribution in [3.8, 4) is 5.75 Å². The van der Waals surface area contributed by atoms with Crippen molar-refractivity contribution in [2.75, 3.05) is 12.4 Å². The van der Waals surface area contributed by atoms with Gasteiger partial charge in [0.2, 0.25) is 5.91 Å². The molecule has 1 aromatic carbocycles. The molecular weight excluding hydrogens is 296 g/mol. The molecule has 1 aliphatic carbocycles. The number of aryl methyl sites for hydroxylation is 1. The number of carbonyl (C=O) groups excluding carboxylic acids is 1. The summed E-state index contributed by atoms with van der Waals surface area (Å²) in [5.74, 6) is 1.40. The van der Waals surface area contributed by atoms with Crippen LogP contribution in [-0.4, -0.2) is 18.0 Å². The van der Waals surface area contributed by atoms with E-state index in [1.54, 1.807) is 18.4 Å². The number of methoxy groups -OCH3 is 1. The summed E-state index contributed by atoms with van der Waals surface area (Å²) in [5.41, 5.74) is 2.05. The second-order valence-corrected chi connectivity index (χ2v) is 6.86. The molecule has 1 aliphatic rings. The van der Waals surface area contributed by atoms with Crippen LogP contribution in [0.15, 0.2) is 24.3 Å². The van der Waals surface area contributed by atoms with Crippen LogP contribution in [0.25, 0.3) is 0 Å². The fourth-order valence-electron chi connectivity index (χ4n) is 2.78. The number of thiazole rings is 1. The van der Waals surface area contributed by atoms with Gasteiger partial charge in [0.25, 0.3) is 0 Å². The number of benzene rings is 1. The number of amides is 1. The van der Waals surface area contributed by atoms with E-state index in [-0.39, 0.29) is 5.91 Å². The first-order chi connectivity index (χ1) is 10.7. The summed E-state index contributed by atoms with van der Waals surface area (Å²) in [6, 6.07) is 7.59. The van der Waals surface area contributed by atoms with Gasteiger partial charge in [0.15, 0.2) is 5.13 Å². The fourth-order valence-corrected chi connectivity index (χ4v) is 3.97. The monoisotopic (exact) mass is 316 g/mol. The minimum Gasteiger partial charge on any atom is -0.496 e. The van der Waals surface area contributed by atoms with Crippen molar-refractivity contribution in [2.24, 2.45) is 5.92 Å². The number of nitrogens with zero attached hydrogens (tertiary/aromatic N) is 1. The van der Waals surface area contributed by atoms with Gasteiger partial charge in [-0.15, -0.1) is 11.3 Å². The zero-order valence-electron chi connectivity index (χ0n) is 12.9. The Balaban J connectivity index is 1.67. The number of anilines is 1. The van der Waals surface area contributed by atoms with Gasteiger partial charge in [-0.3, -0.25) is 4.79 Å². The molecule has 1 N–H and O–H groups in total. The Kier molecular flexibility index (Phi) is 4.43. The first kappa shape index (κ1) is 15.0. The molecule has 0 saturated heterocycles. The van der Waals surface area contributed by atoms with Gasteiger partial charge in [-0.2, -0.15) is 0 Å². The van der Waals surface area contributed by atoms with Crippen molar-refractivity contribution in [3.63, 3.8) is 0 Å². The van der Waals surface area contributed by atoms with Crippen LogP contribution >= 0.6 is 11.3 Å². The molecule has 0 unspecified atom stereocenters. The molecule has 116 valence electrons. The number of para-hydroxylation sites is 1. The van der Waals surface area contributed by atoms with Gasteiger partial charge in [-0.25, -0.2) is 4.98 Å². The zero-order valence-corrected chi connectivity index (χ0v) is 13.7. The lowest BCUT2D eigenvalue weighted by molar-refractivity contribution is -0.115. The van der Waals surface area contributed by atoms with Crippen molar-refractivity contribution >= 4 is 22.4 Å². The van der Waals surface area contributed by atoms with Crippen LogP contribution in [0.5, 0.6) is 5.75 Å². The Morgan fingerprint density at radius 3 is 3.09 bits per heavy atom. The van der Waals surface area contributed by atoms with E-state index in [2.05, 4.69) is 17.2 Å². The fraction of sp³-hybridized carbons (Fsp3) is 0.412. The van der Waals surface area contributed by atoms with Crippen molar-refractivity contribution < 1.29 is 9.53 Å². The van der Waals surface area contributed by atoms with Crippen molar-refractivity contribution in [1.29, 1.82) is 0 Å². The average Bonchev–Trinajstić information content (AvgIpc) is 2.88. The molecule has 0 spiro atoms. The van der Waals surface area contributed by atoms with E-state index in [0.29, 0.717) is 12.3 Å². The van der Waals surface area contributed by atoms with E-state index < -0.39 is 0 Å². The normalized spacial score (nSPS) is 16.9. The molecular formula is C17H20N2O2S. The van der Waals surface area contributed by atoms with Crippen molar-refractivity contribution in [1.82, 2.24) is 4.98 Å². The van der Waals surface area contributed by atoms with Gasteiger partial charge in [0, 0.05) is 10.4 Å². The summed E-state index contributed by atoms with van der Waals surface area (Å²) in [4.78, 5) is 18.1. The molecule has 1 amide bonds. The Labute approximate surface area is 134 Å². The maximum Gasteiger partial charge on any atom is 0.230 e. The predicted molar refractivity (Wildman–Crippen MR) is 88.6 cm³/mol. The number of carbonyl (C=O) groups is 1. The molecule has 1 atom stereocenters. The number of hydrogen-bond acceptors (Lipinski definition) is 4. The molecule has 22 heavy (non-hydrogen) atoms. The van der Waals surface area contributed by atoms with Crippen molar-refractivity contribution in [3.05, 3.63) is 40.4 Å². The molecule has 0 bridgehead atoms. The van der Waals surface area contributed by atoms with Crippen LogP contribution in [-0.2, 0) is 24.1 Å². The molecule has 1 heterocycles. The summed E-state index contributed by atoms with van der Waals surface area (Å²) in [6.45, 7) is 2.27. The summed E-state index contributed by atoms with van der Waals surface area (Å²) < 4.78 is 5.28. The molecule has 5 heteroatoms.